The third kappa shape index (κ3) is 4.95. The van der Waals surface area contributed by atoms with Crippen LogP contribution in [0.15, 0.2) is 33.6 Å². The molecule has 1 aromatic carbocycles. The molecular formula is C17H18F3N3O5S. The van der Waals surface area contributed by atoms with E-state index in [2.05, 4.69) is 5.32 Å². The molecular weight excluding hydrogens is 415 g/mol. The molecule has 1 heterocycles. The smallest absolute Gasteiger partial charge is 0.418 e. The molecule has 0 aliphatic heterocycles. The van der Waals surface area contributed by atoms with Crippen LogP contribution in [0.2, 0.25) is 0 Å². The van der Waals surface area contributed by atoms with E-state index in [1.807, 2.05) is 0 Å². The number of likely N-dealkylation sites (N-methyl/N-ethyl adjacent to an activating group) is 1. The zero-order valence-electron chi connectivity index (χ0n) is 15.6. The molecule has 0 bridgehead atoms. The average molecular weight is 433 g/mol. The van der Waals surface area contributed by atoms with Gasteiger partial charge in [-0.05, 0) is 26.0 Å². The van der Waals surface area contributed by atoms with Gasteiger partial charge in [-0.1, -0.05) is 12.1 Å². The molecule has 2 amide bonds. The van der Waals surface area contributed by atoms with Crippen LogP contribution >= 0.6 is 0 Å². The molecule has 0 atom stereocenters. The highest BCUT2D eigenvalue weighted by molar-refractivity contribution is 7.89. The van der Waals surface area contributed by atoms with Crippen molar-refractivity contribution < 1.29 is 35.6 Å². The van der Waals surface area contributed by atoms with E-state index in [0.29, 0.717) is 0 Å². The number of para-hydroxylation sites is 1. The fraction of sp³-hybridized carbons (Fsp3) is 0.294. The van der Waals surface area contributed by atoms with Gasteiger partial charge in [0.2, 0.25) is 15.9 Å². The van der Waals surface area contributed by atoms with Crippen LogP contribution in [0, 0.1) is 13.8 Å². The van der Waals surface area contributed by atoms with E-state index in [1.54, 1.807) is 0 Å². The average Bonchev–Trinajstić information content (AvgIpc) is 2.87. The molecule has 0 saturated heterocycles. The summed E-state index contributed by atoms with van der Waals surface area (Å²) in [5.41, 5.74) is -1.84. The Morgan fingerprint density at radius 3 is 2.31 bits per heavy atom. The second-order valence-electron chi connectivity index (χ2n) is 6.22. The first-order valence-electron chi connectivity index (χ1n) is 8.07. The molecule has 3 N–H and O–H groups in total. The predicted molar refractivity (Wildman–Crippen MR) is 96.6 cm³/mol. The SMILES string of the molecule is Cc1oc(C)c(S(N)(=O)=O)c1C(=O)N(C)CC(=O)Nc1ccccc1C(F)(F)F. The fourth-order valence-corrected chi connectivity index (χ4v) is 3.72. The van der Waals surface area contributed by atoms with Crippen LogP contribution in [0.4, 0.5) is 18.9 Å². The number of aryl methyl sites for hydroxylation is 2. The highest BCUT2D eigenvalue weighted by Gasteiger charge is 2.34. The number of sulfonamides is 1. The Kier molecular flexibility index (Phi) is 6.09. The van der Waals surface area contributed by atoms with Crippen molar-refractivity contribution in [2.45, 2.75) is 24.9 Å². The van der Waals surface area contributed by atoms with Gasteiger partial charge in [-0.15, -0.1) is 0 Å². The number of nitrogens with zero attached hydrogens (tertiary/aromatic N) is 1. The van der Waals surface area contributed by atoms with Crippen molar-refractivity contribution in [2.75, 3.05) is 18.9 Å². The molecule has 2 rings (SSSR count). The summed E-state index contributed by atoms with van der Waals surface area (Å²) >= 11 is 0. The number of carbonyl (C=O) groups is 2. The standard InChI is InChI=1S/C17H18F3N3O5S/c1-9-14(15(10(2)28-9)29(21,26)27)16(25)23(3)8-13(24)22-12-7-5-4-6-11(12)17(18,19)20/h4-7H,8H2,1-3H3,(H,22,24)(H2,21,26,27). The maximum absolute atomic E-state index is 13.0. The number of anilines is 1. The molecule has 0 spiro atoms. The van der Waals surface area contributed by atoms with E-state index in [1.165, 1.54) is 33.0 Å². The lowest BCUT2D eigenvalue weighted by atomic mass is 10.1. The summed E-state index contributed by atoms with van der Waals surface area (Å²) < 4.78 is 67.8. The monoisotopic (exact) mass is 433 g/mol. The van der Waals surface area contributed by atoms with Gasteiger partial charge in [-0.3, -0.25) is 9.59 Å². The van der Waals surface area contributed by atoms with Crippen LogP contribution in [0.3, 0.4) is 0 Å². The number of benzene rings is 1. The van der Waals surface area contributed by atoms with E-state index >= 15 is 0 Å². The van der Waals surface area contributed by atoms with Gasteiger partial charge in [0.1, 0.15) is 22.0 Å². The number of nitrogens with two attached hydrogens (primary N) is 1. The van der Waals surface area contributed by atoms with Crippen LogP contribution in [-0.2, 0) is 21.0 Å². The zero-order valence-corrected chi connectivity index (χ0v) is 16.4. The van der Waals surface area contributed by atoms with Crippen LogP contribution in [0.1, 0.15) is 27.4 Å². The Morgan fingerprint density at radius 1 is 1.17 bits per heavy atom. The number of halogens is 3. The quantitative estimate of drug-likeness (QED) is 0.749. The molecule has 1 aromatic heterocycles. The molecule has 12 heteroatoms. The van der Waals surface area contributed by atoms with Crippen molar-refractivity contribution in [3.05, 3.63) is 46.9 Å². The summed E-state index contributed by atoms with van der Waals surface area (Å²) in [5, 5.41) is 7.23. The van der Waals surface area contributed by atoms with Gasteiger partial charge >= 0.3 is 6.18 Å². The molecule has 0 aliphatic carbocycles. The Balaban J connectivity index is 2.24. The third-order valence-electron chi connectivity index (χ3n) is 3.94. The lowest BCUT2D eigenvalue weighted by Gasteiger charge is -2.18. The number of nitrogens with one attached hydrogen (secondary N) is 1. The summed E-state index contributed by atoms with van der Waals surface area (Å²) in [6.07, 6.45) is -4.68. The second kappa shape index (κ2) is 7.87. The summed E-state index contributed by atoms with van der Waals surface area (Å²) in [7, 11) is -3.10. The second-order valence-corrected chi connectivity index (χ2v) is 7.71. The van der Waals surface area contributed by atoms with Crippen molar-refractivity contribution in [1.82, 2.24) is 4.90 Å². The first-order chi connectivity index (χ1) is 13.2. The van der Waals surface area contributed by atoms with E-state index in [4.69, 9.17) is 9.56 Å². The number of hydrogen-bond acceptors (Lipinski definition) is 5. The number of alkyl halides is 3. The van der Waals surface area contributed by atoms with E-state index < -0.39 is 50.7 Å². The first kappa shape index (κ1) is 22.4. The molecule has 158 valence electrons. The van der Waals surface area contributed by atoms with E-state index in [-0.39, 0.29) is 17.1 Å². The Bertz CT molecular complexity index is 1060. The number of amides is 2. The fourth-order valence-electron chi connectivity index (χ4n) is 2.76. The summed E-state index contributed by atoms with van der Waals surface area (Å²) in [6.45, 7) is 2.02. The third-order valence-corrected chi connectivity index (χ3v) is 5.00. The van der Waals surface area contributed by atoms with Gasteiger partial charge in [0, 0.05) is 7.05 Å². The van der Waals surface area contributed by atoms with Crippen molar-refractivity contribution >= 4 is 27.5 Å². The minimum absolute atomic E-state index is 0.0220. The number of hydrogen-bond donors (Lipinski definition) is 2. The Morgan fingerprint density at radius 2 is 1.76 bits per heavy atom. The van der Waals surface area contributed by atoms with Gasteiger partial charge in [0.05, 0.1) is 17.8 Å². The van der Waals surface area contributed by atoms with Gasteiger partial charge in [0.15, 0.2) is 0 Å². The maximum Gasteiger partial charge on any atom is 0.418 e. The highest BCUT2D eigenvalue weighted by atomic mass is 32.2. The molecule has 0 unspecified atom stereocenters. The lowest BCUT2D eigenvalue weighted by Crippen LogP contribution is -2.36. The van der Waals surface area contributed by atoms with Crippen molar-refractivity contribution in [1.29, 1.82) is 0 Å². The van der Waals surface area contributed by atoms with Crippen LogP contribution < -0.4 is 10.5 Å². The molecule has 2 aromatic rings. The van der Waals surface area contributed by atoms with Gasteiger partial charge < -0.3 is 14.6 Å². The molecule has 0 saturated carbocycles. The molecule has 8 nitrogen and oxygen atoms in total. The van der Waals surface area contributed by atoms with Gasteiger partial charge in [-0.2, -0.15) is 13.2 Å². The number of rotatable bonds is 5. The summed E-state index contributed by atoms with van der Waals surface area (Å²) in [4.78, 5) is 25.2. The Labute approximate surface area is 164 Å². The minimum Gasteiger partial charge on any atom is -0.464 e. The zero-order chi connectivity index (χ0) is 22.1. The summed E-state index contributed by atoms with van der Waals surface area (Å²) in [6, 6.07) is 4.37. The van der Waals surface area contributed by atoms with Gasteiger partial charge in [0.25, 0.3) is 5.91 Å². The van der Waals surface area contributed by atoms with Crippen LogP contribution in [0.5, 0.6) is 0 Å². The van der Waals surface area contributed by atoms with Crippen molar-refractivity contribution in [2.24, 2.45) is 5.14 Å². The van der Waals surface area contributed by atoms with E-state index in [9.17, 15) is 31.2 Å². The van der Waals surface area contributed by atoms with Crippen molar-refractivity contribution in [3.63, 3.8) is 0 Å². The topological polar surface area (TPSA) is 123 Å². The largest absolute Gasteiger partial charge is 0.464 e. The Hall–Kier alpha value is -2.86. The molecule has 0 radical (unpaired) electrons. The predicted octanol–water partition coefficient (Wildman–Crippen LogP) is 2.27. The number of carbonyl (C=O) groups excluding carboxylic acids is 2. The molecule has 0 aliphatic rings. The van der Waals surface area contributed by atoms with Gasteiger partial charge in [-0.25, -0.2) is 13.6 Å². The van der Waals surface area contributed by atoms with Crippen LogP contribution in [0.25, 0.3) is 0 Å². The van der Waals surface area contributed by atoms with E-state index in [0.717, 1.165) is 17.0 Å². The minimum atomic E-state index is -4.68. The summed E-state index contributed by atoms with van der Waals surface area (Å²) in [5.74, 6) is -1.91. The normalized spacial score (nSPS) is 12.0. The first-order valence-corrected chi connectivity index (χ1v) is 9.62. The van der Waals surface area contributed by atoms with Crippen LogP contribution in [-0.4, -0.2) is 38.7 Å². The molecule has 0 fully saturated rings. The number of primary sulfonamides is 1. The highest BCUT2D eigenvalue weighted by Crippen LogP contribution is 2.34. The molecule has 29 heavy (non-hydrogen) atoms. The van der Waals surface area contributed by atoms with Crippen molar-refractivity contribution in [3.8, 4) is 0 Å². The number of furan rings is 1. The lowest BCUT2D eigenvalue weighted by molar-refractivity contribution is -0.137. The maximum atomic E-state index is 13.0.